The first kappa shape index (κ1) is 73.2. The van der Waals surface area contributed by atoms with Crippen molar-refractivity contribution in [2.45, 2.75) is 153 Å². The summed E-state index contributed by atoms with van der Waals surface area (Å²) < 4.78 is 0. The van der Waals surface area contributed by atoms with E-state index < -0.39 is 83.5 Å². The van der Waals surface area contributed by atoms with E-state index in [1.54, 1.807) is 99.0 Å². The first-order valence-electron chi connectivity index (χ1n) is 32.8. The zero-order chi connectivity index (χ0) is 68.9. The number of pyridine rings is 2. The second kappa shape index (κ2) is 37.6. The van der Waals surface area contributed by atoms with Crippen molar-refractivity contribution in [3.05, 3.63) is 145 Å². The van der Waals surface area contributed by atoms with E-state index in [-0.39, 0.29) is 56.2 Å². The van der Waals surface area contributed by atoms with E-state index in [0.717, 1.165) is 44.9 Å². The lowest BCUT2D eigenvalue weighted by Gasteiger charge is -2.27. The third-order valence-corrected chi connectivity index (χ3v) is 16.3. The highest BCUT2D eigenvalue weighted by Gasteiger charge is 2.33. The summed E-state index contributed by atoms with van der Waals surface area (Å²) in [6.07, 6.45) is 8.92. The number of unbranched alkanes of at least 4 members (excludes halogenated alkanes) is 5. The van der Waals surface area contributed by atoms with Crippen molar-refractivity contribution in [1.82, 2.24) is 62.5 Å². The SMILES string of the molecule is CC(C)C(NC(=O)C(CCCCN)NC(=O)CCCCCNC(=O)c1ccc(-c2nc3c4cccnc4c4ncccc4c3[nH]2)cc1)C(=O)N[CH]C(=O)NC(Cc1ccccc1)C(=O)NC(Cc1ccccc1)C(=O)NC(CCCCN)C(=O)NC(CCCCC(=N)N)C(N)=O. The van der Waals surface area contributed by atoms with Gasteiger partial charge in [-0.3, -0.25) is 58.5 Å². The average Bonchev–Trinajstić information content (AvgIpc) is 1.51. The normalized spacial score (nSPS) is 13.1. The summed E-state index contributed by atoms with van der Waals surface area (Å²) in [7, 11) is 0. The summed E-state index contributed by atoms with van der Waals surface area (Å²) >= 11 is 0. The van der Waals surface area contributed by atoms with Crippen LogP contribution in [0.5, 0.6) is 0 Å². The third kappa shape index (κ3) is 22.2. The Bertz CT molecular complexity index is 3700. The van der Waals surface area contributed by atoms with Crippen molar-refractivity contribution in [2.75, 3.05) is 19.6 Å². The van der Waals surface area contributed by atoms with Crippen LogP contribution in [0, 0.1) is 17.9 Å². The predicted molar refractivity (Wildman–Crippen MR) is 367 cm³/mol. The number of nitrogens with zero attached hydrogens (tertiary/aromatic N) is 3. The molecule has 26 heteroatoms. The molecule has 509 valence electrons. The fraction of sp³-hybridized carbons (Fsp3) is 0.400. The van der Waals surface area contributed by atoms with Crippen LogP contribution in [0.2, 0.25) is 0 Å². The highest BCUT2D eigenvalue weighted by molar-refractivity contribution is 6.21. The number of rotatable bonds is 40. The molecule has 6 unspecified atom stereocenters. The van der Waals surface area contributed by atoms with Crippen LogP contribution in [0.25, 0.3) is 44.2 Å². The Hall–Kier alpha value is -10.2. The molecule has 3 heterocycles. The van der Waals surface area contributed by atoms with E-state index >= 15 is 0 Å². The van der Waals surface area contributed by atoms with Crippen molar-refractivity contribution >= 4 is 91.8 Å². The molecule has 0 bridgehead atoms. The maximum atomic E-state index is 14.5. The number of carbonyl (C=O) groups excluding carboxylic acids is 9. The van der Waals surface area contributed by atoms with Gasteiger partial charge in [0, 0.05) is 66.5 Å². The maximum absolute atomic E-state index is 14.5. The van der Waals surface area contributed by atoms with Gasteiger partial charge in [0.1, 0.15) is 48.6 Å². The van der Waals surface area contributed by atoms with Crippen LogP contribution in [0.3, 0.4) is 0 Å². The summed E-state index contributed by atoms with van der Waals surface area (Å²) in [6.45, 7) is 5.27. The predicted octanol–water partition coefficient (Wildman–Crippen LogP) is 4.18. The quantitative estimate of drug-likeness (QED) is 0.0111. The van der Waals surface area contributed by atoms with Gasteiger partial charge in [0.05, 0.1) is 27.9 Å². The molecule has 0 spiro atoms. The summed E-state index contributed by atoms with van der Waals surface area (Å²) in [6, 6.07) is 25.4. The van der Waals surface area contributed by atoms with Crippen molar-refractivity contribution in [3.8, 4) is 11.4 Å². The number of H-pyrrole nitrogens is 1. The van der Waals surface area contributed by atoms with Crippen LogP contribution in [-0.4, -0.2) is 135 Å². The lowest BCUT2D eigenvalue weighted by atomic mass is 10.0. The van der Waals surface area contributed by atoms with Gasteiger partial charge < -0.3 is 70.5 Å². The first-order valence-corrected chi connectivity index (χ1v) is 32.8. The summed E-state index contributed by atoms with van der Waals surface area (Å²) in [5.41, 5.74) is 28.4. The molecule has 4 aromatic carbocycles. The maximum Gasteiger partial charge on any atom is 0.251 e. The summed E-state index contributed by atoms with van der Waals surface area (Å²) in [5.74, 6) is -5.74. The van der Waals surface area contributed by atoms with Gasteiger partial charge in [-0.1, -0.05) is 99.5 Å². The Labute approximate surface area is 558 Å². The minimum Gasteiger partial charge on any atom is -0.388 e. The number of imidazole rings is 1. The van der Waals surface area contributed by atoms with Gasteiger partial charge in [0.25, 0.3) is 5.91 Å². The standard InChI is InChI=1S/C70H90N17O9/c1-43(2)58(87-67(93)51(27-13-15-35-71)80-56(88)30-10-5-17-37-78-65(91)47-33-31-46(32-34-47)64-85-61-48-24-18-38-76-59(48)60-49(62(61)86-64)25-19-39-77-60)70(96)79-42-57(89)81-53(40-44-20-6-3-7-21-44)68(94)84-54(41-45-22-8-4-9-23-45)69(95)83-52(28-14-16-36-72)66(92)82-50(63(75)90)26-11-12-29-55(73)74/h3-4,6-9,18-25,31-34,38-39,42-43,50-54,58H,5,10-17,26-30,35-37,40-41,71-72H2,1-2H3,(H3,73,74)(H2,75,90)(H,78,91)(H,79,96)(H,80,88)(H,81,89)(H,82,92)(H,83,95)(H,84,94)(H,85,86)(H,87,93). The number of carbonyl (C=O) groups is 9. The molecule has 0 saturated heterocycles. The van der Waals surface area contributed by atoms with Crippen molar-refractivity contribution in [1.29, 1.82) is 5.41 Å². The second-order valence-electron chi connectivity index (χ2n) is 24.1. The number of nitrogens with one attached hydrogen (secondary N) is 10. The Kier molecular flexibility index (Phi) is 28.7. The number of hydrogen-bond donors (Lipinski definition) is 14. The fourth-order valence-corrected chi connectivity index (χ4v) is 11.1. The molecule has 0 aliphatic rings. The van der Waals surface area contributed by atoms with Crippen LogP contribution in [0.1, 0.15) is 125 Å². The molecular weight excluding hydrogens is 1220 g/mol. The Balaban J connectivity index is 0.909. The molecule has 7 rings (SSSR count). The molecule has 18 N–H and O–H groups in total. The molecule has 1 radical (unpaired) electrons. The topological polar surface area (TPSA) is 432 Å². The summed E-state index contributed by atoms with van der Waals surface area (Å²) in [4.78, 5) is 141. The monoisotopic (exact) mass is 1310 g/mol. The second-order valence-corrected chi connectivity index (χ2v) is 24.1. The number of amides is 9. The number of hydrogen-bond acceptors (Lipinski definition) is 15. The molecule has 0 saturated carbocycles. The molecule has 0 aliphatic heterocycles. The highest BCUT2D eigenvalue weighted by atomic mass is 16.2. The van der Waals surface area contributed by atoms with Gasteiger partial charge in [-0.2, -0.15) is 0 Å². The van der Waals surface area contributed by atoms with Crippen molar-refractivity contribution < 1.29 is 43.2 Å². The van der Waals surface area contributed by atoms with Gasteiger partial charge in [-0.05, 0) is 131 Å². The lowest BCUT2D eigenvalue weighted by Crippen LogP contribution is -2.59. The van der Waals surface area contributed by atoms with E-state index in [9.17, 15) is 43.2 Å². The number of fused-ring (bicyclic) bond motifs is 6. The molecule has 96 heavy (non-hydrogen) atoms. The van der Waals surface area contributed by atoms with Gasteiger partial charge in [-0.25, -0.2) is 4.98 Å². The number of aromatic amines is 1. The minimum absolute atomic E-state index is 0.0140. The number of benzene rings is 4. The van der Waals surface area contributed by atoms with Gasteiger partial charge in [0.2, 0.25) is 47.3 Å². The molecule has 26 nitrogen and oxygen atoms in total. The van der Waals surface area contributed by atoms with Crippen LogP contribution >= 0.6 is 0 Å². The van der Waals surface area contributed by atoms with Crippen LogP contribution in [0.15, 0.2) is 122 Å². The Morgan fingerprint density at radius 1 is 0.521 bits per heavy atom. The van der Waals surface area contributed by atoms with E-state index in [1.165, 1.54) is 0 Å². The van der Waals surface area contributed by atoms with Crippen molar-refractivity contribution in [2.24, 2.45) is 28.9 Å². The minimum atomic E-state index is -1.33. The van der Waals surface area contributed by atoms with E-state index in [0.29, 0.717) is 106 Å². The molecular formula is C70H90N17O9. The Morgan fingerprint density at radius 2 is 1.04 bits per heavy atom. The van der Waals surface area contributed by atoms with E-state index in [4.69, 9.17) is 33.3 Å². The Morgan fingerprint density at radius 3 is 1.64 bits per heavy atom. The van der Waals surface area contributed by atoms with Gasteiger partial charge in [0.15, 0.2) is 0 Å². The molecule has 3 aromatic heterocycles. The molecule has 0 fully saturated rings. The number of amidine groups is 1. The zero-order valence-corrected chi connectivity index (χ0v) is 54.4. The smallest absolute Gasteiger partial charge is 0.251 e. The van der Waals surface area contributed by atoms with Gasteiger partial charge >= 0.3 is 0 Å². The number of nitrogens with two attached hydrogens (primary N) is 4. The number of aromatic nitrogens is 4. The lowest BCUT2D eigenvalue weighted by molar-refractivity contribution is -0.134. The fourth-order valence-electron chi connectivity index (χ4n) is 11.1. The molecule has 0 aliphatic carbocycles. The summed E-state index contributed by atoms with van der Waals surface area (Å²) in [5, 5.41) is 31.1. The van der Waals surface area contributed by atoms with Crippen molar-refractivity contribution in [3.63, 3.8) is 0 Å². The molecule has 6 atom stereocenters. The highest BCUT2D eigenvalue weighted by Crippen LogP contribution is 2.33. The first-order chi connectivity index (χ1) is 46.3. The number of primary amides is 1. The average molecular weight is 1310 g/mol. The van der Waals surface area contributed by atoms with Crippen LogP contribution in [-0.2, 0) is 51.2 Å². The van der Waals surface area contributed by atoms with Crippen LogP contribution in [0.4, 0.5) is 0 Å². The largest absolute Gasteiger partial charge is 0.388 e. The molecule has 9 amide bonds. The van der Waals surface area contributed by atoms with E-state index in [1.807, 2.05) is 36.4 Å². The van der Waals surface area contributed by atoms with Gasteiger partial charge in [-0.15, -0.1) is 0 Å². The van der Waals surface area contributed by atoms with E-state index in [2.05, 4.69) is 57.5 Å². The third-order valence-electron chi connectivity index (χ3n) is 16.3. The van der Waals surface area contributed by atoms with Crippen LogP contribution < -0.4 is 65.5 Å². The zero-order valence-electron chi connectivity index (χ0n) is 54.4. The molecule has 7 aromatic rings.